The van der Waals surface area contributed by atoms with Crippen molar-refractivity contribution in [3.63, 3.8) is 0 Å². The number of sulfonamides is 1. The molecule has 1 amide bonds. The lowest BCUT2D eigenvalue weighted by atomic mass is 9.82. The molecule has 28 heavy (non-hydrogen) atoms. The Labute approximate surface area is 168 Å². The summed E-state index contributed by atoms with van der Waals surface area (Å²) in [5.41, 5.74) is -0.568. The molecule has 1 saturated heterocycles. The molecule has 0 bridgehead atoms. The first-order chi connectivity index (χ1) is 13.3. The molecule has 1 heterocycles. The van der Waals surface area contributed by atoms with Gasteiger partial charge in [-0.25, -0.2) is 8.42 Å². The van der Waals surface area contributed by atoms with E-state index in [2.05, 4.69) is 25.2 Å². The smallest absolute Gasteiger partial charge is 0.252 e. The summed E-state index contributed by atoms with van der Waals surface area (Å²) in [6.07, 6.45) is 5.18. The number of benzene rings is 1. The Kier molecular flexibility index (Phi) is 6.11. The van der Waals surface area contributed by atoms with Crippen LogP contribution in [0.25, 0.3) is 0 Å². The molecule has 152 valence electrons. The number of nitrogens with zero attached hydrogens (tertiary/aromatic N) is 2. The standard InChI is InChI=1S/C21H29N3O3S/c1-16-11-17(2)14-24(13-16)28(26,27)19-8-6-7-18(12-19)20(25)23-21(15-22)9-4-3-5-10-21/h6-8,12,16-17H,3-5,9-11,13-14H2,1-2H3,(H,23,25). The van der Waals surface area contributed by atoms with Crippen LogP contribution >= 0.6 is 0 Å². The number of rotatable bonds is 4. The minimum Gasteiger partial charge on any atom is -0.334 e. The summed E-state index contributed by atoms with van der Waals surface area (Å²) in [5.74, 6) is 0.236. The summed E-state index contributed by atoms with van der Waals surface area (Å²) in [7, 11) is -3.65. The molecule has 3 rings (SSSR count). The van der Waals surface area contributed by atoms with E-state index >= 15 is 0 Å². The highest BCUT2D eigenvalue weighted by atomic mass is 32.2. The predicted octanol–water partition coefficient (Wildman–Crippen LogP) is 3.31. The van der Waals surface area contributed by atoms with Crippen LogP contribution in [0.3, 0.4) is 0 Å². The maximum Gasteiger partial charge on any atom is 0.252 e. The number of carbonyl (C=O) groups excluding carboxylic acids is 1. The zero-order chi connectivity index (χ0) is 20.4. The summed E-state index contributed by atoms with van der Waals surface area (Å²) >= 11 is 0. The number of hydrogen-bond acceptors (Lipinski definition) is 4. The van der Waals surface area contributed by atoms with Crippen LogP contribution in [0, 0.1) is 23.2 Å². The second-order valence-corrected chi connectivity index (χ2v) is 10.4. The number of carbonyl (C=O) groups is 1. The number of nitrogens with one attached hydrogen (secondary N) is 1. The van der Waals surface area contributed by atoms with Gasteiger partial charge in [-0.05, 0) is 49.3 Å². The van der Waals surface area contributed by atoms with Crippen molar-refractivity contribution in [1.29, 1.82) is 5.26 Å². The molecule has 6 nitrogen and oxygen atoms in total. The molecule has 0 spiro atoms. The first-order valence-electron chi connectivity index (χ1n) is 10.1. The molecule has 1 N–H and O–H groups in total. The third-order valence-corrected chi connectivity index (χ3v) is 7.67. The fraction of sp³-hybridized carbons (Fsp3) is 0.619. The zero-order valence-corrected chi connectivity index (χ0v) is 17.5. The Hall–Kier alpha value is -1.91. The quantitative estimate of drug-likeness (QED) is 0.835. The van der Waals surface area contributed by atoms with Gasteiger partial charge < -0.3 is 5.32 Å². The summed E-state index contributed by atoms with van der Waals surface area (Å²) in [6.45, 7) is 5.13. The molecule has 2 unspecified atom stereocenters. The number of hydrogen-bond donors (Lipinski definition) is 1. The maximum atomic E-state index is 13.1. The Balaban J connectivity index is 1.81. The van der Waals surface area contributed by atoms with Crippen LogP contribution in [-0.2, 0) is 10.0 Å². The highest BCUT2D eigenvalue weighted by molar-refractivity contribution is 7.89. The molecule has 1 aliphatic carbocycles. The summed E-state index contributed by atoms with van der Waals surface area (Å²) in [6, 6.07) is 8.43. The molecule has 1 aromatic carbocycles. The van der Waals surface area contributed by atoms with Gasteiger partial charge in [-0.2, -0.15) is 9.57 Å². The highest BCUT2D eigenvalue weighted by Gasteiger charge is 2.35. The topological polar surface area (TPSA) is 90.3 Å². The van der Waals surface area contributed by atoms with Gasteiger partial charge >= 0.3 is 0 Å². The van der Waals surface area contributed by atoms with Crippen LogP contribution in [0.1, 0.15) is 62.7 Å². The van der Waals surface area contributed by atoms with Gasteiger partial charge in [0.2, 0.25) is 10.0 Å². The van der Waals surface area contributed by atoms with Crippen molar-refractivity contribution in [3.05, 3.63) is 29.8 Å². The van der Waals surface area contributed by atoms with Crippen molar-refractivity contribution in [2.75, 3.05) is 13.1 Å². The maximum absolute atomic E-state index is 13.1. The Morgan fingerprint density at radius 3 is 2.43 bits per heavy atom. The van der Waals surface area contributed by atoms with Crippen LogP contribution in [0.2, 0.25) is 0 Å². The SMILES string of the molecule is CC1CC(C)CN(S(=O)(=O)c2cccc(C(=O)NC3(C#N)CCCCC3)c2)C1. The minimum absolute atomic E-state index is 0.135. The molecule has 1 aliphatic heterocycles. The number of amides is 1. The van der Waals surface area contributed by atoms with Gasteiger partial charge in [-0.15, -0.1) is 0 Å². The van der Waals surface area contributed by atoms with E-state index in [0.29, 0.717) is 37.8 Å². The van der Waals surface area contributed by atoms with Crippen LogP contribution < -0.4 is 5.32 Å². The second kappa shape index (κ2) is 8.22. The monoisotopic (exact) mass is 403 g/mol. The predicted molar refractivity (Wildman–Crippen MR) is 107 cm³/mol. The van der Waals surface area contributed by atoms with Crippen LogP contribution in [0.5, 0.6) is 0 Å². The van der Waals surface area contributed by atoms with E-state index in [4.69, 9.17) is 0 Å². The van der Waals surface area contributed by atoms with Crippen LogP contribution in [0.4, 0.5) is 0 Å². The van der Waals surface area contributed by atoms with Crippen molar-refractivity contribution >= 4 is 15.9 Å². The fourth-order valence-corrected chi connectivity index (χ4v) is 6.18. The molecule has 0 radical (unpaired) electrons. The molecule has 2 atom stereocenters. The average molecular weight is 404 g/mol. The number of piperidine rings is 1. The molecule has 0 aromatic heterocycles. The lowest BCUT2D eigenvalue weighted by Gasteiger charge is -2.34. The second-order valence-electron chi connectivity index (χ2n) is 8.50. The highest BCUT2D eigenvalue weighted by Crippen LogP contribution is 2.29. The molecule has 2 fully saturated rings. The lowest BCUT2D eigenvalue weighted by molar-refractivity contribution is 0.0902. The van der Waals surface area contributed by atoms with Gasteiger partial charge in [0.1, 0.15) is 5.54 Å². The normalized spacial score (nSPS) is 25.6. The van der Waals surface area contributed by atoms with Gasteiger partial charge in [-0.1, -0.05) is 39.2 Å². The number of nitriles is 1. The van der Waals surface area contributed by atoms with Crippen molar-refractivity contribution in [2.45, 2.75) is 62.8 Å². The van der Waals surface area contributed by atoms with Crippen molar-refractivity contribution in [2.24, 2.45) is 11.8 Å². The van der Waals surface area contributed by atoms with Gasteiger partial charge in [0, 0.05) is 18.7 Å². The Bertz CT molecular complexity index is 859. The molecule has 2 aliphatic rings. The largest absolute Gasteiger partial charge is 0.334 e. The summed E-state index contributed by atoms with van der Waals surface area (Å²) in [5, 5.41) is 12.4. The Morgan fingerprint density at radius 2 is 1.82 bits per heavy atom. The van der Waals surface area contributed by atoms with Gasteiger partial charge in [0.15, 0.2) is 0 Å². The summed E-state index contributed by atoms with van der Waals surface area (Å²) < 4.78 is 27.7. The van der Waals surface area contributed by atoms with Gasteiger partial charge in [0.05, 0.1) is 11.0 Å². The third kappa shape index (κ3) is 4.39. The van der Waals surface area contributed by atoms with E-state index < -0.39 is 15.6 Å². The lowest BCUT2D eigenvalue weighted by Crippen LogP contribution is -2.48. The molecule has 1 saturated carbocycles. The van der Waals surface area contributed by atoms with Crippen molar-refractivity contribution in [3.8, 4) is 6.07 Å². The molecule has 1 aromatic rings. The third-order valence-electron chi connectivity index (χ3n) is 5.84. The van der Waals surface area contributed by atoms with E-state index in [1.54, 1.807) is 12.1 Å². The van der Waals surface area contributed by atoms with Gasteiger partial charge in [0.25, 0.3) is 5.91 Å². The fourth-order valence-electron chi connectivity index (χ4n) is 4.46. The van der Waals surface area contributed by atoms with E-state index in [0.717, 1.165) is 25.7 Å². The van der Waals surface area contributed by atoms with Crippen molar-refractivity contribution in [1.82, 2.24) is 9.62 Å². The van der Waals surface area contributed by atoms with Gasteiger partial charge in [-0.3, -0.25) is 4.79 Å². The average Bonchev–Trinajstić information content (AvgIpc) is 2.68. The summed E-state index contributed by atoms with van der Waals surface area (Å²) in [4.78, 5) is 12.9. The molecular weight excluding hydrogens is 374 g/mol. The van der Waals surface area contributed by atoms with E-state index in [9.17, 15) is 18.5 Å². The van der Waals surface area contributed by atoms with E-state index in [1.807, 2.05) is 0 Å². The van der Waals surface area contributed by atoms with Crippen LogP contribution in [0.15, 0.2) is 29.2 Å². The first kappa shape index (κ1) is 20.8. The molecule has 7 heteroatoms. The first-order valence-corrected chi connectivity index (χ1v) is 11.5. The van der Waals surface area contributed by atoms with Crippen molar-refractivity contribution < 1.29 is 13.2 Å². The van der Waals surface area contributed by atoms with E-state index in [1.165, 1.54) is 16.4 Å². The van der Waals surface area contributed by atoms with E-state index in [-0.39, 0.29) is 16.4 Å². The van der Waals surface area contributed by atoms with Crippen LogP contribution in [-0.4, -0.2) is 37.3 Å². The molecular formula is C21H29N3O3S. The minimum atomic E-state index is -3.65. The zero-order valence-electron chi connectivity index (χ0n) is 16.6. The Morgan fingerprint density at radius 1 is 1.18 bits per heavy atom.